The summed E-state index contributed by atoms with van der Waals surface area (Å²) in [6.07, 6.45) is 17.8. The smallest absolute Gasteiger partial charge is 0.165 e. The summed E-state index contributed by atoms with van der Waals surface area (Å²) in [6, 6.07) is 4.12. The molecule has 0 N–H and O–H groups in total. The largest absolute Gasteiger partial charge is 0.327 e. The number of halogens is 3. The minimum atomic E-state index is -0.852. The monoisotopic (exact) mass is 596 g/mol. The molecule has 218 valence electrons. The number of amidine groups is 1. The Morgan fingerprint density at radius 3 is 2.56 bits per heavy atom. The van der Waals surface area contributed by atoms with Gasteiger partial charge in [0.05, 0.1) is 17.9 Å². The van der Waals surface area contributed by atoms with Gasteiger partial charge in [0, 0.05) is 40.0 Å². The first-order valence-electron chi connectivity index (χ1n) is 15.3. The minimum Gasteiger partial charge on any atom is -0.327 e. The van der Waals surface area contributed by atoms with Crippen LogP contribution in [0.1, 0.15) is 94.2 Å². The summed E-state index contributed by atoms with van der Waals surface area (Å²) in [4.78, 5) is 17.5. The molecule has 2 fully saturated rings. The van der Waals surface area contributed by atoms with Crippen molar-refractivity contribution in [3.63, 3.8) is 0 Å². The van der Waals surface area contributed by atoms with Crippen LogP contribution in [0.5, 0.6) is 0 Å². The molecule has 6 rings (SSSR count). The third-order valence-corrected chi connectivity index (χ3v) is 10.3. The Balaban J connectivity index is 1.44. The van der Waals surface area contributed by atoms with E-state index in [0.717, 1.165) is 40.7 Å². The second kappa shape index (κ2) is 12.9. The van der Waals surface area contributed by atoms with Crippen molar-refractivity contribution < 1.29 is 8.78 Å². The van der Waals surface area contributed by atoms with Gasteiger partial charge in [-0.2, -0.15) is 0 Å². The Kier molecular flexibility index (Phi) is 9.01. The molecule has 4 atom stereocenters. The van der Waals surface area contributed by atoms with Gasteiger partial charge in [0.2, 0.25) is 0 Å². The standard InChI is InChI=1S/C33H39ClF2N4S/c1-21(35)10-12-25-13-15-28(38-25)30-29-18-23(22-8-6-4-2-3-5-7-9-22)20-40(29)32(33-37-16-17-41-33)39-31(30)26-14-11-24(36)19-27(26)34/h11,13-17,19,21-23,25,31H,2-10,12,18,20H2,1H3/t21?,23-,25?,31-/m0/s1. The van der Waals surface area contributed by atoms with E-state index in [1.165, 1.54) is 69.2 Å². The summed E-state index contributed by atoms with van der Waals surface area (Å²) >= 11 is 8.30. The lowest BCUT2D eigenvalue weighted by Gasteiger charge is -2.33. The molecule has 1 aromatic heterocycles. The van der Waals surface area contributed by atoms with Crippen molar-refractivity contribution in [1.29, 1.82) is 0 Å². The van der Waals surface area contributed by atoms with Crippen LogP contribution in [0.4, 0.5) is 8.78 Å². The highest BCUT2D eigenvalue weighted by atomic mass is 35.5. The van der Waals surface area contributed by atoms with E-state index < -0.39 is 12.2 Å². The van der Waals surface area contributed by atoms with Crippen molar-refractivity contribution in [3.05, 3.63) is 74.6 Å². The van der Waals surface area contributed by atoms with Crippen LogP contribution in [0.3, 0.4) is 0 Å². The molecule has 4 heterocycles. The van der Waals surface area contributed by atoms with Gasteiger partial charge in [0.25, 0.3) is 0 Å². The van der Waals surface area contributed by atoms with Crippen LogP contribution in [0.25, 0.3) is 0 Å². The maximum atomic E-state index is 14.2. The zero-order chi connectivity index (χ0) is 28.3. The number of thiazole rings is 1. The molecule has 0 amide bonds. The lowest BCUT2D eigenvalue weighted by molar-refractivity contribution is 0.291. The average molecular weight is 597 g/mol. The van der Waals surface area contributed by atoms with Crippen LogP contribution in [0, 0.1) is 17.7 Å². The highest BCUT2D eigenvalue weighted by Crippen LogP contribution is 2.47. The van der Waals surface area contributed by atoms with Crippen LogP contribution in [0.15, 0.2) is 63.2 Å². The van der Waals surface area contributed by atoms with Crippen molar-refractivity contribution in [2.75, 3.05) is 6.54 Å². The lowest BCUT2D eigenvalue weighted by atomic mass is 9.82. The second-order valence-electron chi connectivity index (χ2n) is 12.1. The molecule has 4 aliphatic rings. The highest BCUT2D eigenvalue weighted by molar-refractivity contribution is 7.11. The molecule has 1 saturated carbocycles. The summed E-state index contributed by atoms with van der Waals surface area (Å²) in [5.41, 5.74) is 3.95. The fourth-order valence-electron chi connectivity index (χ4n) is 7.03. The summed E-state index contributed by atoms with van der Waals surface area (Å²) in [5, 5.41) is 3.24. The van der Waals surface area contributed by atoms with Crippen LogP contribution >= 0.6 is 22.9 Å². The Hall–Kier alpha value is -2.38. The molecule has 8 heteroatoms. The Morgan fingerprint density at radius 1 is 1.07 bits per heavy atom. The third-order valence-electron chi connectivity index (χ3n) is 9.15. The number of nitrogens with zero attached hydrogens (tertiary/aromatic N) is 4. The number of hydrogen-bond acceptors (Lipinski definition) is 5. The topological polar surface area (TPSA) is 40.9 Å². The quantitative estimate of drug-likeness (QED) is 0.319. The fraction of sp³-hybridized carbons (Fsp3) is 0.545. The zero-order valence-electron chi connectivity index (χ0n) is 23.7. The first-order valence-corrected chi connectivity index (χ1v) is 16.6. The maximum absolute atomic E-state index is 14.2. The molecule has 2 unspecified atom stereocenters. The number of hydrogen-bond donors (Lipinski definition) is 0. The molecule has 0 spiro atoms. The predicted octanol–water partition coefficient (Wildman–Crippen LogP) is 9.28. The number of aromatic nitrogens is 1. The maximum Gasteiger partial charge on any atom is 0.165 e. The van der Waals surface area contributed by atoms with Crippen molar-refractivity contribution in [1.82, 2.24) is 9.88 Å². The summed E-state index contributed by atoms with van der Waals surface area (Å²) in [6.45, 7) is 2.52. The SMILES string of the molecule is CC(F)CCC1C=CC(C2=C3C[C@H](C4CCCCCCCC4)CN3C(c3nccs3)=N[C@H]2c2ccc(F)cc2Cl)=N1. The van der Waals surface area contributed by atoms with Gasteiger partial charge in [-0.3, -0.25) is 9.98 Å². The van der Waals surface area contributed by atoms with E-state index >= 15 is 0 Å². The average Bonchev–Trinajstić information content (AvgIpc) is 3.73. The number of rotatable bonds is 7. The van der Waals surface area contributed by atoms with Crippen molar-refractivity contribution in [3.8, 4) is 0 Å². The molecule has 41 heavy (non-hydrogen) atoms. The number of allylic oxidation sites excluding steroid dienone is 2. The fourth-order valence-corrected chi connectivity index (χ4v) is 7.94. The number of alkyl halides is 1. The van der Waals surface area contributed by atoms with Gasteiger partial charge in [-0.25, -0.2) is 13.8 Å². The molecule has 1 aliphatic carbocycles. The van der Waals surface area contributed by atoms with Crippen LogP contribution in [-0.2, 0) is 0 Å². The van der Waals surface area contributed by atoms with Crippen LogP contribution in [0.2, 0.25) is 5.02 Å². The Labute approximate surface area is 251 Å². The van der Waals surface area contributed by atoms with Gasteiger partial charge in [0.1, 0.15) is 11.9 Å². The van der Waals surface area contributed by atoms with E-state index in [-0.39, 0.29) is 11.9 Å². The van der Waals surface area contributed by atoms with Gasteiger partial charge in [-0.15, -0.1) is 11.3 Å². The molecule has 0 radical (unpaired) electrons. The lowest BCUT2D eigenvalue weighted by Crippen LogP contribution is -2.35. The molecular formula is C33H39ClF2N4S. The minimum absolute atomic E-state index is 0.0509. The van der Waals surface area contributed by atoms with Crippen molar-refractivity contribution >= 4 is 34.5 Å². The molecule has 4 nitrogen and oxygen atoms in total. The van der Waals surface area contributed by atoms with Gasteiger partial charge < -0.3 is 4.90 Å². The first-order chi connectivity index (χ1) is 20.0. The van der Waals surface area contributed by atoms with E-state index in [9.17, 15) is 8.78 Å². The summed E-state index contributed by atoms with van der Waals surface area (Å²) in [5.74, 6) is 1.71. The van der Waals surface area contributed by atoms with Crippen LogP contribution < -0.4 is 0 Å². The van der Waals surface area contributed by atoms with Crippen LogP contribution in [-0.4, -0.2) is 40.2 Å². The second-order valence-corrected chi connectivity index (χ2v) is 13.4. The summed E-state index contributed by atoms with van der Waals surface area (Å²) < 4.78 is 27.8. The third kappa shape index (κ3) is 6.36. The molecule has 0 bridgehead atoms. The predicted molar refractivity (Wildman–Crippen MR) is 165 cm³/mol. The normalized spacial score (nSPS) is 26.3. The van der Waals surface area contributed by atoms with Crippen molar-refractivity contribution in [2.24, 2.45) is 21.8 Å². The van der Waals surface area contributed by atoms with E-state index in [4.69, 9.17) is 21.6 Å². The van der Waals surface area contributed by atoms with E-state index in [0.29, 0.717) is 29.7 Å². The highest BCUT2D eigenvalue weighted by Gasteiger charge is 2.43. The zero-order valence-corrected chi connectivity index (χ0v) is 25.3. The van der Waals surface area contributed by atoms with Crippen molar-refractivity contribution in [2.45, 2.75) is 95.8 Å². The van der Waals surface area contributed by atoms with E-state index in [1.807, 2.05) is 11.6 Å². The van der Waals surface area contributed by atoms with E-state index in [1.54, 1.807) is 24.3 Å². The number of aliphatic imine (C=N–C) groups is 2. The van der Waals surface area contributed by atoms with E-state index in [2.05, 4.69) is 22.0 Å². The summed E-state index contributed by atoms with van der Waals surface area (Å²) in [7, 11) is 0. The van der Waals surface area contributed by atoms with Gasteiger partial charge in [-0.05, 0) is 56.2 Å². The molecule has 1 saturated heterocycles. The van der Waals surface area contributed by atoms with Gasteiger partial charge in [0.15, 0.2) is 10.8 Å². The Morgan fingerprint density at radius 2 is 1.85 bits per heavy atom. The number of fused-ring (bicyclic) bond motifs is 1. The number of benzene rings is 1. The molecule has 1 aromatic carbocycles. The first kappa shape index (κ1) is 28.7. The molecule has 3 aliphatic heterocycles. The Bertz CT molecular complexity index is 1340. The van der Waals surface area contributed by atoms with Gasteiger partial charge in [-0.1, -0.05) is 75.1 Å². The molecular weight excluding hydrogens is 558 g/mol. The van der Waals surface area contributed by atoms with Gasteiger partial charge >= 0.3 is 0 Å². The molecule has 2 aromatic rings.